The molecule has 0 aromatic carbocycles. The SMILES string of the molecule is NC(=O)CN(CC(=O)O)C(=O)c1cncs1. The summed E-state index contributed by atoms with van der Waals surface area (Å²) in [5.41, 5.74) is 6.36. The number of aromatic nitrogens is 1. The maximum absolute atomic E-state index is 11.7. The lowest BCUT2D eigenvalue weighted by Gasteiger charge is -2.17. The third-order valence-corrected chi connectivity index (χ3v) is 2.36. The van der Waals surface area contributed by atoms with Crippen LogP contribution in [-0.4, -0.2) is 45.9 Å². The molecular formula is C8H9N3O4S. The molecule has 0 saturated carbocycles. The van der Waals surface area contributed by atoms with Gasteiger partial charge in [-0.3, -0.25) is 19.4 Å². The number of nitrogens with two attached hydrogens (primary N) is 1. The molecule has 1 heterocycles. The van der Waals surface area contributed by atoms with Crippen LogP contribution in [-0.2, 0) is 9.59 Å². The van der Waals surface area contributed by atoms with Gasteiger partial charge >= 0.3 is 5.97 Å². The Balaban J connectivity index is 2.79. The van der Waals surface area contributed by atoms with E-state index in [0.29, 0.717) is 0 Å². The number of carbonyl (C=O) groups excluding carboxylic acids is 2. The largest absolute Gasteiger partial charge is 0.480 e. The van der Waals surface area contributed by atoms with Crippen LogP contribution in [0.3, 0.4) is 0 Å². The second-order valence-corrected chi connectivity index (χ2v) is 3.77. The minimum absolute atomic E-state index is 0.266. The smallest absolute Gasteiger partial charge is 0.323 e. The van der Waals surface area contributed by atoms with Crippen molar-refractivity contribution in [1.29, 1.82) is 0 Å². The molecule has 8 heteroatoms. The number of hydrogen-bond donors (Lipinski definition) is 2. The zero-order valence-electron chi connectivity index (χ0n) is 8.12. The average molecular weight is 243 g/mol. The number of thiazole rings is 1. The topological polar surface area (TPSA) is 114 Å². The fraction of sp³-hybridized carbons (Fsp3) is 0.250. The van der Waals surface area contributed by atoms with Gasteiger partial charge < -0.3 is 15.7 Å². The highest BCUT2D eigenvalue weighted by Crippen LogP contribution is 2.09. The van der Waals surface area contributed by atoms with Crippen LogP contribution < -0.4 is 5.73 Å². The highest BCUT2D eigenvalue weighted by Gasteiger charge is 2.21. The van der Waals surface area contributed by atoms with Gasteiger partial charge in [-0.05, 0) is 0 Å². The molecular weight excluding hydrogens is 234 g/mol. The first-order valence-electron chi connectivity index (χ1n) is 4.18. The Morgan fingerprint density at radius 3 is 2.56 bits per heavy atom. The molecule has 1 rings (SSSR count). The summed E-state index contributed by atoms with van der Waals surface area (Å²) in [7, 11) is 0. The van der Waals surface area contributed by atoms with E-state index in [1.54, 1.807) is 0 Å². The zero-order chi connectivity index (χ0) is 12.1. The molecule has 0 bridgehead atoms. The molecule has 3 N–H and O–H groups in total. The molecule has 1 aromatic heterocycles. The fourth-order valence-electron chi connectivity index (χ4n) is 1.03. The Kier molecular flexibility index (Phi) is 3.95. The maximum Gasteiger partial charge on any atom is 0.323 e. The normalized spacial score (nSPS) is 9.75. The molecule has 1 aromatic rings. The fourth-order valence-corrected chi connectivity index (χ4v) is 1.62. The Hall–Kier alpha value is -1.96. The van der Waals surface area contributed by atoms with Crippen molar-refractivity contribution in [1.82, 2.24) is 9.88 Å². The van der Waals surface area contributed by atoms with Crippen LogP contribution in [0.5, 0.6) is 0 Å². The average Bonchev–Trinajstić information content (AvgIpc) is 2.66. The molecule has 86 valence electrons. The summed E-state index contributed by atoms with van der Waals surface area (Å²) in [4.78, 5) is 37.7. The third-order valence-electron chi connectivity index (χ3n) is 1.60. The van der Waals surface area contributed by atoms with E-state index in [-0.39, 0.29) is 4.88 Å². The van der Waals surface area contributed by atoms with E-state index in [1.807, 2.05) is 0 Å². The van der Waals surface area contributed by atoms with E-state index in [0.717, 1.165) is 16.2 Å². The summed E-state index contributed by atoms with van der Waals surface area (Å²) in [6, 6.07) is 0. The quantitative estimate of drug-likeness (QED) is 0.699. The van der Waals surface area contributed by atoms with Crippen molar-refractivity contribution in [2.45, 2.75) is 0 Å². The number of carboxylic acid groups (broad SMARTS) is 1. The number of nitrogens with zero attached hydrogens (tertiary/aromatic N) is 2. The Bertz CT molecular complexity index is 387. The number of carboxylic acids is 1. The summed E-state index contributed by atoms with van der Waals surface area (Å²) in [6.07, 6.45) is 1.31. The molecule has 0 aliphatic rings. The molecule has 0 aliphatic heterocycles. The monoisotopic (exact) mass is 243 g/mol. The summed E-state index contributed by atoms with van der Waals surface area (Å²) >= 11 is 1.07. The number of carbonyl (C=O) groups is 3. The lowest BCUT2D eigenvalue weighted by Crippen LogP contribution is -2.41. The lowest BCUT2D eigenvalue weighted by molar-refractivity contribution is -0.138. The second kappa shape index (κ2) is 5.21. The molecule has 0 saturated heterocycles. The second-order valence-electron chi connectivity index (χ2n) is 2.89. The van der Waals surface area contributed by atoms with Crippen molar-refractivity contribution >= 4 is 29.1 Å². The van der Waals surface area contributed by atoms with Crippen LogP contribution in [0, 0.1) is 0 Å². The minimum atomic E-state index is -1.21. The molecule has 2 amide bonds. The van der Waals surface area contributed by atoms with Crippen LogP contribution in [0.4, 0.5) is 0 Å². The number of rotatable bonds is 5. The molecule has 0 aliphatic carbocycles. The predicted molar refractivity (Wildman–Crippen MR) is 54.8 cm³/mol. The Labute approximate surface area is 94.5 Å². The Morgan fingerprint density at radius 2 is 2.12 bits per heavy atom. The standard InChI is InChI=1S/C8H9N3O4S/c9-6(12)2-11(3-7(13)14)8(15)5-1-10-4-16-5/h1,4H,2-3H2,(H2,9,12)(H,13,14). The molecule has 0 spiro atoms. The molecule has 0 fully saturated rings. The minimum Gasteiger partial charge on any atom is -0.480 e. The first kappa shape index (κ1) is 12.1. The van der Waals surface area contributed by atoms with E-state index in [2.05, 4.69) is 4.98 Å². The number of aliphatic carboxylic acids is 1. The maximum atomic E-state index is 11.7. The van der Waals surface area contributed by atoms with Gasteiger partial charge in [0.25, 0.3) is 5.91 Å². The van der Waals surface area contributed by atoms with Gasteiger partial charge in [0.15, 0.2) is 0 Å². The van der Waals surface area contributed by atoms with Crippen molar-refractivity contribution < 1.29 is 19.5 Å². The van der Waals surface area contributed by atoms with E-state index < -0.39 is 30.9 Å². The first-order chi connectivity index (χ1) is 7.50. The number of hydrogen-bond acceptors (Lipinski definition) is 5. The van der Waals surface area contributed by atoms with Crippen LogP contribution in [0.2, 0.25) is 0 Å². The van der Waals surface area contributed by atoms with Crippen LogP contribution in [0.1, 0.15) is 9.67 Å². The summed E-state index contributed by atoms with van der Waals surface area (Å²) < 4.78 is 0. The molecule has 16 heavy (non-hydrogen) atoms. The Morgan fingerprint density at radius 1 is 1.44 bits per heavy atom. The predicted octanol–water partition coefficient (Wildman–Crippen LogP) is -0.845. The van der Waals surface area contributed by atoms with Gasteiger partial charge in [0, 0.05) is 0 Å². The van der Waals surface area contributed by atoms with Gasteiger partial charge in [-0.25, -0.2) is 0 Å². The van der Waals surface area contributed by atoms with Gasteiger partial charge in [-0.15, -0.1) is 11.3 Å². The van der Waals surface area contributed by atoms with Gasteiger partial charge in [0.2, 0.25) is 5.91 Å². The van der Waals surface area contributed by atoms with E-state index in [9.17, 15) is 14.4 Å². The van der Waals surface area contributed by atoms with Gasteiger partial charge in [-0.1, -0.05) is 0 Å². The van der Waals surface area contributed by atoms with Crippen LogP contribution in [0.25, 0.3) is 0 Å². The van der Waals surface area contributed by atoms with E-state index in [1.165, 1.54) is 11.7 Å². The summed E-state index contributed by atoms with van der Waals surface area (Å²) in [5.74, 6) is -2.54. The molecule has 7 nitrogen and oxygen atoms in total. The van der Waals surface area contributed by atoms with Crippen LogP contribution >= 0.6 is 11.3 Å². The summed E-state index contributed by atoms with van der Waals surface area (Å²) in [5, 5.41) is 8.58. The highest BCUT2D eigenvalue weighted by atomic mass is 32.1. The first-order valence-corrected chi connectivity index (χ1v) is 5.06. The van der Waals surface area contributed by atoms with Crippen LogP contribution in [0.15, 0.2) is 11.7 Å². The van der Waals surface area contributed by atoms with E-state index in [4.69, 9.17) is 10.8 Å². The summed E-state index contributed by atoms with van der Waals surface area (Å²) in [6.45, 7) is -0.997. The van der Waals surface area contributed by atoms with E-state index >= 15 is 0 Å². The molecule has 0 unspecified atom stereocenters. The van der Waals surface area contributed by atoms with Gasteiger partial charge in [0.1, 0.15) is 18.0 Å². The lowest BCUT2D eigenvalue weighted by atomic mass is 10.4. The number of amides is 2. The number of primary amides is 1. The molecule has 0 radical (unpaired) electrons. The van der Waals surface area contributed by atoms with Crippen molar-refractivity contribution in [3.8, 4) is 0 Å². The highest BCUT2D eigenvalue weighted by molar-refractivity contribution is 7.11. The zero-order valence-corrected chi connectivity index (χ0v) is 8.94. The van der Waals surface area contributed by atoms with Crippen molar-refractivity contribution in [3.05, 3.63) is 16.6 Å². The third kappa shape index (κ3) is 3.31. The van der Waals surface area contributed by atoms with Gasteiger partial charge in [0.05, 0.1) is 11.7 Å². The van der Waals surface area contributed by atoms with Crippen molar-refractivity contribution in [3.63, 3.8) is 0 Å². The van der Waals surface area contributed by atoms with Crippen molar-refractivity contribution in [2.75, 3.05) is 13.1 Å². The van der Waals surface area contributed by atoms with Crippen molar-refractivity contribution in [2.24, 2.45) is 5.73 Å². The molecule has 0 atom stereocenters. The van der Waals surface area contributed by atoms with Gasteiger partial charge in [-0.2, -0.15) is 0 Å².